The Kier molecular flexibility index (Phi) is 44.3. The molecule has 1 rings (SSSR count). The molecule has 1 aliphatic heterocycles. The summed E-state index contributed by atoms with van der Waals surface area (Å²) in [6.07, 6.45) is 1.33. The van der Waals surface area contributed by atoms with Gasteiger partial charge in [0.1, 0.15) is 0 Å². The Hall–Kier alpha value is -1.50. The summed E-state index contributed by atoms with van der Waals surface area (Å²) in [6, 6.07) is 0. The molecule has 0 aromatic heterocycles. The summed E-state index contributed by atoms with van der Waals surface area (Å²) in [5.74, 6) is 0. The highest BCUT2D eigenvalue weighted by molar-refractivity contribution is 5.61. The van der Waals surface area contributed by atoms with Crippen molar-refractivity contribution < 1.29 is 19.8 Å². The maximum atomic E-state index is 8.78. The third kappa shape index (κ3) is 49.9. The monoisotopic (exact) mass is 359 g/mol. The van der Waals surface area contributed by atoms with Gasteiger partial charge in [0.05, 0.1) is 0 Å². The molecule has 1 heterocycles. The van der Waals surface area contributed by atoms with Gasteiger partial charge in [0, 0.05) is 11.1 Å². The van der Waals surface area contributed by atoms with E-state index in [0.717, 1.165) is 0 Å². The van der Waals surface area contributed by atoms with E-state index in [2.05, 4.69) is 44.5 Å². The molecule has 7 nitrogen and oxygen atoms in total. The Morgan fingerprint density at radius 2 is 0.917 bits per heavy atom. The van der Waals surface area contributed by atoms with Crippen LogP contribution >= 0.6 is 0 Å². The van der Waals surface area contributed by atoms with Crippen molar-refractivity contribution in [3.8, 4) is 0 Å². The van der Waals surface area contributed by atoms with Crippen molar-refractivity contribution in [2.45, 2.75) is 103 Å². The first-order chi connectivity index (χ1) is 7.88. The number of amides is 2. The second kappa shape index (κ2) is 21.5. The molecule has 2 amide bonds. The summed E-state index contributed by atoms with van der Waals surface area (Å²) >= 11 is 0. The minimum Gasteiger partial charge on any atom is -0.465 e. The third-order valence-electron chi connectivity index (χ3n) is 2.28. The minimum absolute atomic E-state index is 0. The number of piperidine rings is 1. The molecule has 0 bridgehead atoms. The molecule has 0 radical (unpaired) electrons. The lowest BCUT2D eigenvalue weighted by Gasteiger charge is -2.42. The average Bonchev–Trinajstić information content (AvgIpc) is 1.95. The first-order valence-corrected chi connectivity index (χ1v) is 5.64. The molecule has 1 saturated heterocycles. The normalized spacial score (nSPS) is 14.5. The van der Waals surface area contributed by atoms with Gasteiger partial charge >= 0.3 is 12.2 Å². The predicted octanol–water partition coefficient (Wildman–Crippen LogP) is 5.38. The molecule has 0 aliphatic carbocycles. The van der Waals surface area contributed by atoms with Crippen LogP contribution in [0.2, 0.25) is 0 Å². The Bertz CT molecular complexity index is 247. The van der Waals surface area contributed by atoms with E-state index in [1.807, 2.05) is 0 Å². The maximum absolute atomic E-state index is 8.78. The first kappa shape index (κ1) is 49.5. The van der Waals surface area contributed by atoms with Crippen molar-refractivity contribution in [2.75, 3.05) is 0 Å². The van der Waals surface area contributed by atoms with Crippen LogP contribution in [0.15, 0.2) is 0 Å². The molecule has 1 aliphatic rings. The number of carbonyl (C=O) groups is 2. The minimum atomic E-state index is -1.33. The molecule has 1 fully saturated rings. The summed E-state index contributed by atoms with van der Waals surface area (Å²) in [7, 11) is 0. The first-order valence-electron chi connectivity index (χ1n) is 5.64. The van der Waals surface area contributed by atoms with Crippen LogP contribution in [0.3, 0.4) is 0 Å². The summed E-state index contributed by atoms with van der Waals surface area (Å²) in [5.41, 5.74) is 8.78. The van der Waals surface area contributed by atoms with Gasteiger partial charge in [0.2, 0.25) is 0 Å². The van der Waals surface area contributed by atoms with Crippen molar-refractivity contribution in [1.29, 1.82) is 0 Å². The van der Waals surface area contributed by atoms with Crippen LogP contribution in [0.25, 0.3) is 0 Å². The molecule has 156 valence electrons. The van der Waals surface area contributed by atoms with E-state index in [-0.39, 0.29) is 44.6 Å². The zero-order chi connectivity index (χ0) is 15.0. The van der Waals surface area contributed by atoms with Crippen LogP contribution in [-0.2, 0) is 0 Å². The molecular formula is C17H49N3O4. The average molecular weight is 360 g/mol. The van der Waals surface area contributed by atoms with Gasteiger partial charge in [-0.2, -0.15) is 0 Å². The van der Waals surface area contributed by atoms with E-state index in [9.17, 15) is 0 Å². The lowest BCUT2D eigenvalue weighted by atomic mass is 9.83. The van der Waals surface area contributed by atoms with Crippen molar-refractivity contribution >= 4 is 12.2 Å². The second-order valence-corrected chi connectivity index (χ2v) is 5.42. The number of nitrogens with two attached hydrogens (primary N) is 2. The number of hydrogen-bond donors (Lipinski definition) is 5. The highest BCUT2D eigenvalue weighted by Gasteiger charge is 2.31. The van der Waals surface area contributed by atoms with Gasteiger partial charge in [-0.05, 0) is 47.0 Å². The maximum Gasteiger partial charge on any atom is 0.402 e. The number of primary amides is 2. The summed E-state index contributed by atoms with van der Waals surface area (Å²) in [5, 5.41) is 18.0. The van der Waals surface area contributed by atoms with Crippen LogP contribution in [0.1, 0.15) is 91.5 Å². The SMILES string of the molecule is C.C.C.C.C.C.CC1(C)CCCC(C)(C)N1.NC(=O)O.NC(=O)O. The summed E-state index contributed by atoms with van der Waals surface area (Å²) in [4.78, 5) is 17.6. The lowest BCUT2D eigenvalue weighted by Crippen LogP contribution is -2.55. The van der Waals surface area contributed by atoms with E-state index in [1.165, 1.54) is 19.3 Å². The fraction of sp³-hybridized carbons (Fsp3) is 0.882. The Balaban J connectivity index is -0.0000000270. The zero-order valence-electron chi connectivity index (χ0n) is 11.5. The van der Waals surface area contributed by atoms with Crippen molar-refractivity contribution in [1.82, 2.24) is 5.32 Å². The van der Waals surface area contributed by atoms with Crippen LogP contribution in [0, 0.1) is 0 Å². The predicted molar refractivity (Wildman–Crippen MR) is 110 cm³/mol. The summed E-state index contributed by atoms with van der Waals surface area (Å²) in [6.45, 7) is 9.14. The molecule has 0 spiro atoms. The topological polar surface area (TPSA) is 139 Å². The van der Waals surface area contributed by atoms with Gasteiger partial charge < -0.3 is 27.0 Å². The van der Waals surface area contributed by atoms with E-state index in [1.54, 1.807) is 0 Å². The highest BCUT2D eigenvalue weighted by Crippen LogP contribution is 2.27. The van der Waals surface area contributed by atoms with Crippen molar-refractivity contribution in [3.05, 3.63) is 0 Å². The molecule has 0 aromatic rings. The zero-order valence-corrected chi connectivity index (χ0v) is 11.5. The molecule has 0 saturated carbocycles. The lowest BCUT2D eigenvalue weighted by molar-refractivity contribution is 0.183. The molecule has 0 aromatic carbocycles. The van der Waals surface area contributed by atoms with E-state index in [4.69, 9.17) is 19.8 Å². The van der Waals surface area contributed by atoms with Gasteiger partial charge in [-0.1, -0.05) is 44.6 Å². The highest BCUT2D eigenvalue weighted by atomic mass is 16.4. The molecule has 24 heavy (non-hydrogen) atoms. The molecule has 0 unspecified atom stereocenters. The van der Waals surface area contributed by atoms with Gasteiger partial charge in [-0.25, -0.2) is 9.59 Å². The number of carboxylic acid groups (broad SMARTS) is 2. The van der Waals surface area contributed by atoms with Gasteiger partial charge in [-0.15, -0.1) is 0 Å². The van der Waals surface area contributed by atoms with Gasteiger partial charge in [0.25, 0.3) is 0 Å². The summed E-state index contributed by atoms with van der Waals surface area (Å²) < 4.78 is 0. The Labute approximate surface area is 152 Å². The van der Waals surface area contributed by atoms with Crippen molar-refractivity contribution in [3.63, 3.8) is 0 Å². The number of nitrogens with one attached hydrogen (secondary N) is 1. The Morgan fingerprint density at radius 1 is 0.750 bits per heavy atom. The molecule has 0 atom stereocenters. The van der Waals surface area contributed by atoms with Crippen LogP contribution in [-0.4, -0.2) is 33.5 Å². The van der Waals surface area contributed by atoms with E-state index < -0.39 is 12.2 Å². The van der Waals surface area contributed by atoms with Crippen LogP contribution in [0.4, 0.5) is 9.59 Å². The van der Waals surface area contributed by atoms with Crippen LogP contribution in [0.5, 0.6) is 0 Å². The standard InChI is InChI=1S/C9H19N.2CH3NO2.6CH4/c1-8(2)6-5-7-9(3,4)10-8;2*2-1(3)4;;;;;;/h10H,5-7H2,1-4H3;2*2H2,(H,3,4);6*1H4. The fourth-order valence-electron chi connectivity index (χ4n) is 2.01. The molecule has 7 N–H and O–H groups in total. The van der Waals surface area contributed by atoms with Gasteiger partial charge in [-0.3, -0.25) is 0 Å². The molecule has 7 heteroatoms. The second-order valence-electron chi connectivity index (χ2n) is 5.42. The Morgan fingerprint density at radius 3 is 1.00 bits per heavy atom. The number of rotatable bonds is 0. The van der Waals surface area contributed by atoms with Gasteiger partial charge in [0.15, 0.2) is 0 Å². The van der Waals surface area contributed by atoms with E-state index >= 15 is 0 Å². The molecular weight excluding hydrogens is 310 g/mol. The quantitative estimate of drug-likeness (QED) is 0.395. The van der Waals surface area contributed by atoms with E-state index in [0.29, 0.717) is 11.1 Å². The smallest absolute Gasteiger partial charge is 0.402 e. The fourth-order valence-corrected chi connectivity index (χ4v) is 2.01. The van der Waals surface area contributed by atoms with Crippen LogP contribution < -0.4 is 16.8 Å². The third-order valence-corrected chi connectivity index (χ3v) is 2.28. The van der Waals surface area contributed by atoms with Crippen molar-refractivity contribution in [2.24, 2.45) is 11.5 Å². The largest absolute Gasteiger partial charge is 0.465 e. The number of hydrogen-bond acceptors (Lipinski definition) is 3.